The van der Waals surface area contributed by atoms with Crippen molar-refractivity contribution in [3.05, 3.63) is 95.1 Å². The minimum absolute atomic E-state index is 0.120. The van der Waals surface area contributed by atoms with E-state index in [0.717, 1.165) is 45.9 Å². The second-order valence-electron chi connectivity index (χ2n) is 11.4. The van der Waals surface area contributed by atoms with Crippen LogP contribution in [0.15, 0.2) is 77.7 Å². The van der Waals surface area contributed by atoms with E-state index in [1.165, 1.54) is 45.1 Å². The van der Waals surface area contributed by atoms with Gasteiger partial charge in [-0.1, -0.05) is 24.3 Å². The Bertz CT molecular complexity index is 1930. The first-order chi connectivity index (χ1) is 23.4. The van der Waals surface area contributed by atoms with Crippen LogP contribution in [0.1, 0.15) is 35.1 Å². The van der Waals surface area contributed by atoms with Gasteiger partial charge in [0.1, 0.15) is 5.40 Å². The summed E-state index contributed by atoms with van der Waals surface area (Å²) in [5, 5.41) is 36.1. The standard InChI is InChI=1S/C36H34N6O3S3/c37-21-48-29-6-10-33-25(20-29)16-24-19-28(5-9-32(24)33)42-36(47)45-14-2-12-38-34(44)40-26-3-7-30-22(17-26)15-23-18-27(4-8-31(23)30)41-35(46)39-11-1-13-43/h3-10,17-20,43H,1-2,11-16H2,(H,42,47)(H2,38,40,44)(H2,39,41,46). The highest BCUT2D eigenvalue weighted by Crippen LogP contribution is 2.40. The molecule has 0 radical (unpaired) electrons. The minimum atomic E-state index is -0.280. The quantitative estimate of drug-likeness (QED) is 0.0365. The van der Waals surface area contributed by atoms with E-state index in [9.17, 15) is 4.79 Å². The molecule has 2 aliphatic carbocycles. The van der Waals surface area contributed by atoms with Crippen molar-refractivity contribution < 1.29 is 14.6 Å². The Morgan fingerprint density at radius 3 is 1.90 bits per heavy atom. The number of thiocyanates is 1. The fourth-order valence-electron chi connectivity index (χ4n) is 5.97. The largest absolute Gasteiger partial charge is 0.471 e. The zero-order chi connectivity index (χ0) is 33.5. The molecule has 2 aliphatic rings. The maximum atomic E-state index is 12.6. The number of anilines is 3. The number of aliphatic hydroxyl groups is 1. The lowest BCUT2D eigenvalue weighted by molar-refractivity contribution is 0.250. The number of nitrogens with one attached hydrogen (secondary N) is 5. The van der Waals surface area contributed by atoms with Gasteiger partial charge in [-0.05, 0) is 155 Å². The van der Waals surface area contributed by atoms with E-state index in [0.29, 0.717) is 37.7 Å². The Hall–Kier alpha value is -4.67. The van der Waals surface area contributed by atoms with Crippen LogP contribution < -0.4 is 26.6 Å². The predicted octanol–water partition coefficient (Wildman–Crippen LogP) is 7.00. The molecule has 0 heterocycles. The third kappa shape index (κ3) is 8.06. The average Bonchev–Trinajstić information content (AvgIpc) is 3.61. The van der Waals surface area contributed by atoms with Gasteiger partial charge >= 0.3 is 6.03 Å². The van der Waals surface area contributed by atoms with Crippen molar-refractivity contribution in [2.45, 2.75) is 30.6 Å². The first kappa shape index (κ1) is 33.2. The number of carbonyl (C=O) groups excluding carboxylic acids is 1. The number of hydrogen-bond acceptors (Lipinski definition) is 7. The zero-order valence-electron chi connectivity index (χ0n) is 26.0. The number of carbonyl (C=O) groups is 1. The van der Waals surface area contributed by atoms with Crippen LogP contribution in [0.3, 0.4) is 0 Å². The van der Waals surface area contributed by atoms with Gasteiger partial charge in [0.25, 0.3) is 5.17 Å². The number of rotatable bonds is 11. The van der Waals surface area contributed by atoms with E-state index in [4.69, 9.17) is 39.5 Å². The van der Waals surface area contributed by atoms with Crippen LogP contribution in [0.4, 0.5) is 21.9 Å². The van der Waals surface area contributed by atoms with Crippen LogP contribution >= 0.6 is 36.2 Å². The summed E-state index contributed by atoms with van der Waals surface area (Å²) in [6, 6.07) is 24.2. The summed E-state index contributed by atoms with van der Waals surface area (Å²) in [6.07, 6.45) is 2.79. The maximum Gasteiger partial charge on any atom is 0.319 e. The Kier molecular flexibility index (Phi) is 10.7. The molecular weight excluding hydrogens is 661 g/mol. The average molecular weight is 695 g/mol. The van der Waals surface area contributed by atoms with Crippen molar-refractivity contribution in [2.24, 2.45) is 0 Å². The second kappa shape index (κ2) is 15.5. The van der Waals surface area contributed by atoms with Crippen LogP contribution in [-0.2, 0) is 17.6 Å². The SMILES string of the molecule is N#CSc1ccc2c(c1)Cc1cc(NC(=S)OCCCNC(=O)Nc3ccc4c(c3)Cc3cc(NC(=S)NCCCO)ccc3-4)ccc1-2. The summed E-state index contributed by atoms with van der Waals surface area (Å²) < 4.78 is 5.69. The molecule has 9 nitrogen and oxygen atoms in total. The van der Waals surface area contributed by atoms with Crippen molar-refractivity contribution in [3.63, 3.8) is 0 Å². The number of amides is 2. The van der Waals surface area contributed by atoms with Crippen molar-refractivity contribution >= 4 is 69.6 Å². The Labute approximate surface area is 294 Å². The molecule has 0 saturated carbocycles. The third-order valence-electron chi connectivity index (χ3n) is 8.12. The van der Waals surface area contributed by atoms with Gasteiger partial charge in [0, 0.05) is 41.7 Å². The lowest BCUT2D eigenvalue weighted by Gasteiger charge is -2.12. The Balaban J connectivity index is 0.907. The number of hydrogen-bond donors (Lipinski definition) is 6. The molecule has 0 saturated heterocycles. The van der Waals surface area contributed by atoms with Gasteiger partial charge in [-0.25, -0.2) is 4.79 Å². The van der Waals surface area contributed by atoms with Gasteiger partial charge in [-0.3, -0.25) is 0 Å². The van der Waals surface area contributed by atoms with Crippen LogP contribution in [0.2, 0.25) is 0 Å². The van der Waals surface area contributed by atoms with E-state index >= 15 is 0 Å². The first-order valence-corrected chi connectivity index (χ1v) is 17.3. The second-order valence-corrected chi connectivity index (χ2v) is 13.1. The van der Waals surface area contributed by atoms with E-state index < -0.39 is 0 Å². The monoisotopic (exact) mass is 694 g/mol. The molecule has 2 amide bonds. The van der Waals surface area contributed by atoms with Gasteiger partial charge in [0.15, 0.2) is 5.11 Å². The topological polar surface area (TPSA) is 130 Å². The molecule has 0 spiro atoms. The van der Waals surface area contributed by atoms with E-state index in [-0.39, 0.29) is 17.8 Å². The van der Waals surface area contributed by atoms with Gasteiger partial charge in [0.05, 0.1) is 6.61 Å². The number of benzene rings is 4. The molecule has 0 aromatic heterocycles. The summed E-state index contributed by atoms with van der Waals surface area (Å²) >= 11 is 11.9. The lowest BCUT2D eigenvalue weighted by Crippen LogP contribution is -2.30. The molecule has 244 valence electrons. The number of thiocarbonyl (C=S) groups is 2. The Morgan fingerprint density at radius 1 is 0.750 bits per heavy atom. The molecule has 48 heavy (non-hydrogen) atoms. The summed E-state index contributed by atoms with van der Waals surface area (Å²) in [5.41, 5.74) is 12.0. The number of aliphatic hydroxyl groups excluding tert-OH is 1. The molecule has 4 aromatic carbocycles. The highest BCUT2D eigenvalue weighted by atomic mass is 32.2. The molecule has 0 bridgehead atoms. The van der Waals surface area contributed by atoms with Gasteiger partial charge < -0.3 is 36.4 Å². The van der Waals surface area contributed by atoms with E-state index in [2.05, 4.69) is 68.4 Å². The van der Waals surface area contributed by atoms with Crippen LogP contribution in [0.25, 0.3) is 22.3 Å². The molecule has 4 aromatic rings. The van der Waals surface area contributed by atoms with Gasteiger partial charge in [-0.15, -0.1) is 0 Å². The number of nitrogens with zero attached hydrogens (tertiary/aromatic N) is 1. The highest BCUT2D eigenvalue weighted by molar-refractivity contribution is 8.03. The number of thioether (sulfide) groups is 1. The smallest absolute Gasteiger partial charge is 0.319 e. The summed E-state index contributed by atoms with van der Waals surface area (Å²) in [6.45, 7) is 1.52. The van der Waals surface area contributed by atoms with E-state index in [1.807, 2.05) is 36.4 Å². The van der Waals surface area contributed by atoms with Crippen molar-refractivity contribution in [1.82, 2.24) is 10.6 Å². The summed E-state index contributed by atoms with van der Waals surface area (Å²) in [4.78, 5) is 13.5. The molecule has 6 N–H and O–H groups in total. The number of nitriles is 1. The molecule has 0 unspecified atom stereocenters. The van der Waals surface area contributed by atoms with Crippen LogP contribution in [-0.4, -0.2) is 47.7 Å². The fraction of sp³-hybridized carbons (Fsp3) is 0.222. The molecule has 0 aliphatic heterocycles. The van der Waals surface area contributed by atoms with Gasteiger partial charge in [-0.2, -0.15) is 5.26 Å². The third-order valence-corrected chi connectivity index (χ3v) is 9.17. The lowest BCUT2D eigenvalue weighted by atomic mass is 10.1. The molecule has 0 atom stereocenters. The van der Waals surface area contributed by atoms with Crippen molar-refractivity contribution in [2.75, 3.05) is 42.3 Å². The van der Waals surface area contributed by atoms with Crippen molar-refractivity contribution in [1.29, 1.82) is 5.26 Å². The minimum Gasteiger partial charge on any atom is -0.471 e. The zero-order valence-corrected chi connectivity index (χ0v) is 28.5. The number of fused-ring (bicyclic) bond motifs is 6. The highest BCUT2D eigenvalue weighted by Gasteiger charge is 2.21. The first-order valence-electron chi connectivity index (χ1n) is 15.6. The van der Waals surface area contributed by atoms with Gasteiger partial charge in [0.2, 0.25) is 0 Å². The van der Waals surface area contributed by atoms with Crippen molar-refractivity contribution in [3.8, 4) is 27.7 Å². The number of urea groups is 1. The fourth-order valence-corrected chi connectivity index (χ4v) is 6.84. The summed E-state index contributed by atoms with van der Waals surface area (Å²) in [7, 11) is 0. The van der Waals surface area contributed by atoms with Crippen LogP contribution in [0, 0.1) is 10.7 Å². The predicted molar refractivity (Wildman–Crippen MR) is 201 cm³/mol. The number of ether oxygens (including phenoxy) is 1. The maximum absolute atomic E-state index is 12.6. The van der Waals surface area contributed by atoms with Crippen LogP contribution in [0.5, 0.6) is 0 Å². The molecule has 12 heteroatoms. The Morgan fingerprint density at radius 2 is 1.29 bits per heavy atom. The van der Waals surface area contributed by atoms with E-state index in [1.54, 1.807) is 0 Å². The molecular formula is C36H34N6O3S3. The normalized spacial score (nSPS) is 11.7. The molecule has 0 fully saturated rings. The molecule has 6 rings (SSSR count). The summed E-state index contributed by atoms with van der Waals surface area (Å²) in [5.74, 6) is 0.